The average Bonchev–Trinajstić information content (AvgIpc) is 2.78. The molecular weight excluding hydrogens is 505 g/mol. The lowest BCUT2D eigenvalue weighted by Crippen LogP contribution is -2.15. The fraction of sp³-hybridized carbons (Fsp3) is 0.217. The largest absolute Gasteiger partial charge is 0.496 e. The van der Waals surface area contributed by atoms with Crippen LogP contribution >= 0.6 is 0 Å². The molecule has 0 spiro atoms. The Bertz CT molecular complexity index is 1420. The van der Waals surface area contributed by atoms with Gasteiger partial charge < -0.3 is 4.74 Å². The molecular formula is C23H23F3N2O5S2. The van der Waals surface area contributed by atoms with Gasteiger partial charge in [-0.15, -0.1) is 0 Å². The Morgan fingerprint density at radius 3 is 1.91 bits per heavy atom. The minimum absolute atomic E-state index is 0.00455. The third-order valence-electron chi connectivity index (χ3n) is 4.99. The van der Waals surface area contributed by atoms with Crippen LogP contribution in [-0.4, -0.2) is 23.9 Å². The smallest absolute Gasteiger partial charge is 0.416 e. The van der Waals surface area contributed by atoms with Crippen LogP contribution in [0.15, 0.2) is 76.5 Å². The van der Waals surface area contributed by atoms with Crippen LogP contribution in [-0.2, 0) is 26.2 Å². The molecule has 7 nitrogen and oxygen atoms in total. The van der Waals surface area contributed by atoms with E-state index in [1.54, 1.807) is 6.07 Å². The molecule has 0 bridgehead atoms. The second-order valence-corrected chi connectivity index (χ2v) is 11.2. The van der Waals surface area contributed by atoms with Crippen molar-refractivity contribution in [2.24, 2.45) is 0 Å². The molecule has 0 aliphatic heterocycles. The molecule has 0 unspecified atom stereocenters. The summed E-state index contributed by atoms with van der Waals surface area (Å²) in [6.45, 7) is 3.79. The minimum atomic E-state index is -4.62. The maximum absolute atomic E-state index is 12.9. The molecule has 0 saturated heterocycles. The molecule has 0 aliphatic carbocycles. The summed E-state index contributed by atoms with van der Waals surface area (Å²) < 4.78 is 99.3. The van der Waals surface area contributed by atoms with E-state index in [0.29, 0.717) is 17.4 Å². The van der Waals surface area contributed by atoms with Gasteiger partial charge in [-0.05, 0) is 72.1 Å². The van der Waals surface area contributed by atoms with Crippen LogP contribution in [0.25, 0.3) is 0 Å². The first-order valence-electron chi connectivity index (χ1n) is 10.2. The Balaban J connectivity index is 1.81. The molecule has 188 valence electrons. The summed E-state index contributed by atoms with van der Waals surface area (Å²) in [6.07, 6.45) is -4.62. The van der Waals surface area contributed by atoms with E-state index in [2.05, 4.69) is 9.44 Å². The predicted molar refractivity (Wildman–Crippen MR) is 127 cm³/mol. The summed E-state index contributed by atoms with van der Waals surface area (Å²) in [6, 6.07) is 13.0. The summed E-state index contributed by atoms with van der Waals surface area (Å²) in [5.41, 5.74) is -0.450. The second kappa shape index (κ2) is 9.78. The molecule has 0 heterocycles. The standard InChI is InChI=1S/C23H23F3N2O5S2/c1-15(2)21-14-20(11-12-22(21)33-3)35(31,32)27-17-7-9-19(10-8-17)34(29,30)28-18-6-4-5-16(13-18)23(24,25)26/h4-15,27-28H,1-3H3. The number of hydrogen-bond donors (Lipinski definition) is 2. The van der Waals surface area contributed by atoms with E-state index in [0.717, 1.165) is 24.3 Å². The van der Waals surface area contributed by atoms with Crippen molar-refractivity contribution in [3.05, 3.63) is 77.9 Å². The van der Waals surface area contributed by atoms with Crippen LogP contribution in [0.2, 0.25) is 0 Å². The maximum Gasteiger partial charge on any atom is 0.416 e. The highest BCUT2D eigenvalue weighted by Gasteiger charge is 2.30. The van der Waals surface area contributed by atoms with Crippen molar-refractivity contribution >= 4 is 31.4 Å². The number of sulfonamides is 2. The molecule has 0 aromatic heterocycles. The topological polar surface area (TPSA) is 102 Å². The first-order chi connectivity index (χ1) is 16.2. The number of benzene rings is 3. The monoisotopic (exact) mass is 528 g/mol. The van der Waals surface area contributed by atoms with Crippen LogP contribution in [0, 0.1) is 0 Å². The fourth-order valence-corrected chi connectivity index (χ4v) is 5.36. The van der Waals surface area contributed by atoms with Crippen molar-refractivity contribution < 1.29 is 34.7 Å². The first-order valence-corrected chi connectivity index (χ1v) is 13.2. The maximum atomic E-state index is 12.9. The van der Waals surface area contributed by atoms with E-state index < -0.39 is 31.8 Å². The number of alkyl halides is 3. The van der Waals surface area contributed by atoms with Gasteiger partial charge in [0.2, 0.25) is 0 Å². The van der Waals surface area contributed by atoms with E-state index in [9.17, 15) is 30.0 Å². The summed E-state index contributed by atoms with van der Waals surface area (Å²) in [4.78, 5) is -0.255. The van der Waals surface area contributed by atoms with Gasteiger partial charge in [-0.2, -0.15) is 13.2 Å². The number of anilines is 2. The Morgan fingerprint density at radius 2 is 1.34 bits per heavy atom. The third kappa shape index (κ3) is 6.25. The van der Waals surface area contributed by atoms with Gasteiger partial charge in [-0.25, -0.2) is 16.8 Å². The lowest BCUT2D eigenvalue weighted by atomic mass is 10.0. The number of nitrogens with one attached hydrogen (secondary N) is 2. The zero-order valence-corrected chi connectivity index (χ0v) is 20.6. The Labute approximate surface area is 202 Å². The molecule has 0 atom stereocenters. The molecule has 0 aliphatic rings. The SMILES string of the molecule is COc1ccc(S(=O)(=O)Nc2ccc(S(=O)(=O)Nc3cccc(C(F)(F)F)c3)cc2)cc1C(C)C. The zero-order chi connectivity index (χ0) is 26.0. The van der Waals surface area contributed by atoms with Gasteiger partial charge in [0.25, 0.3) is 20.0 Å². The van der Waals surface area contributed by atoms with Crippen LogP contribution in [0.4, 0.5) is 24.5 Å². The number of methoxy groups -OCH3 is 1. The van der Waals surface area contributed by atoms with Crippen molar-refractivity contribution in [3.8, 4) is 5.75 Å². The Hall–Kier alpha value is -3.25. The summed E-state index contributed by atoms with van der Waals surface area (Å²) in [5.74, 6) is 0.565. The van der Waals surface area contributed by atoms with Gasteiger partial charge in [-0.1, -0.05) is 19.9 Å². The van der Waals surface area contributed by atoms with E-state index in [1.807, 2.05) is 13.8 Å². The first kappa shape index (κ1) is 26.4. The van der Waals surface area contributed by atoms with Crippen molar-refractivity contribution in [3.63, 3.8) is 0 Å². The molecule has 0 saturated carbocycles. The zero-order valence-electron chi connectivity index (χ0n) is 18.9. The molecule has 35 heavy (non-hydrogen) atoms. The predicted octanol–water partition coefficient (Wildman–Crippen LogP) is 5.44. The molecule has 0 radical (unpaired) electrons. The second-order valence-electron chi connectivity index (χ2n) is 7.87. The average molecular weight is 529 g/mol. The highest BCUT2D eigenvalue weighted by molar-refractivity contribution is 7.93. The molecule has 3 aromatic carbocycles. The molecule has 3 rings (SSSR count). The van der Waals surface area contributed by atoms with Gasteiger partial charge in [-0.3, -0.25) is 9.44 Å². The quantitative estimate of drug-likeness (QED) is 0.406. The number of rotatable bonds is 8. The lowest BCUT2D eigenvalue weighted by Gasteiger charge is -2.15. The summed E-state index contributed by atoms with van der Waals surface area (Å²) in [5, 5.41) is 0. The van der Waals surface area contributed by atoms with Crippen LogP contribution < -0.4 is 14.2 Å². The molecule has 12 heteroatoms. The van der Waals surface area contributed by atoms with Crippen molar-refractivity contribution in [2.75, 3.05) is 16.6 Å². The van der Waals surface area contributed by atoms with E-state index in [4.69, 9.17) is 4.74 Å². The third-order valence-corrected chi connectivity index (χ3v) is 7.77. The number of hydrogen-bond acceptors (Lipinski definition) is 5. The Morgan fingerprint density at radius 1 is 0.771 bits per heavy atom. The van der Waals surface area contributed by atoms with E-state index in [1.165, 1.54) is 37.4 Å². The Kier molecular flexibility index (Phi) is 7.37. The van der Waals surface area contributed by atoms with E-state index >= 15 is 0 Å². The summed E-state index contributed by atoms with van der Waals surface area (Å²) in [7, 11) is -6.72. The highest BCUT2D eigenvalue weighted by atomic mass is 32.2. The van der Waals surface area contributed by atoms with Crippen molar-refractivity contribution in [1.29, 1.82) is 0 Å². The van der Waals surface area contributed by atoms with Crippen LogP contribution in [0.1, 0.15) is 30.9 Å². The normalized spacial score (nSPS) is 12.4. The van der Waals surface area contributed by atoms with Gasteiger partial charge in [0, 0.05) is 11.4 Å². The van der Waals surface area contributed by atoms with Crippen LogP contribution in [0.5, 0.6) is 5.75 Å². The van der Waals surface area contributed by atoms with Crippen LogP contribution in [0.3, 0.4) is 0 Å². The van der Waals surface area contributed by atoms with Gasteiger partial charge in [0.1, 0.15) is 5.75 Å². The van der Waals surface area contributed by atoms with E-state index in [-0.39, 0.29) is 27.1 Å². The van der Waals surface area contributed by atoms with Gasteiger partial charge in [0.15, 0.2) is 0 Å². The molecule has 0 amide bonds. The fourth-order valence-electron chi connectivity index (χ4n) is 3.22. The van der Waals surface area contributed by atoms with Crippen molar-refractivity contribution in [1.82, 2.24) is 0 Å². The summed E-state index contributed by atoms with van der Waals surface area (Å²) >= 11 is 0. The van der Waals surface area contributed by atoms with Crippen molar-refractivity contribution in [2.45, 2.75) is 35.7 Å². The minimum Gasteiger partial charge on any atom is -0.496 e. The highest BCUT2D eigenvalue weighted by Crippen LogP contribution is 2.32. The number of ether oxygens (including phenoxy) is 1. The van der Waals surface area contributed by atoms with Gasteiger partial charge >= 0.3 is 6.18 Å². The molecule has 3 aromatic rings. The number of halogens is 3. The molecule has 0 fully saturated rings. The lowest BCUT2D eigenvalue weighted by molar-refractivity contribution is -0.137. The van der Waals surface area contributed by atoms with Gasteiger partial charge in [0.05, 0.1) is 22.5 Å². The molecule has 2 N–H and O–H groups in total.